The van der Waals surface area contributed by atoms with E-state index in [2.05, 4.69) is 41.5 Å². The van der Waals surface area contributed by atoms with Crippen LogP contribution in [0.25, 0.3) is 0 Å². The van der Waals surface area contributed by atoms with Crippen molar-refractivity contribution in [1.82, 2.24) is 0 Å². The molecular formula is C16H38OSn. The van der Waals surface area contributed by atoms with Gasteiger partial charge in [0, 0.05) is 6.61 Å². The van der Waals surface area contributed by atoms with Crippen molar-refractivity contribution in [1.29, 1.82) is 0 Å². The van der Waals surface area contributed by atoms with Gasteiger partial charge in [-0.1, -0.05) is 0 Å². The zero-order valence-corrected chi connectivity index (χ0v) is 17.0. The second-order valence-corrected chi connectivity index (χ2v) is 21.2. The molecule has 0 bridgehead atoms. The molecule has 1 N–H and O–H groups in total. The van der Waals surface area contributed by atoms with Crippen molar-refractivity contribution in [3.63, 3.8) is 0 Å². The van der Waals surface area contributed by atoms with E-state index in [0.717, 1.165) is 0 Å². The average molecular weight is 365 g/mol. The van der Waals surface area contributed by atoms with Crippen LogP contribution in [-0.4, -0.2) is 30.1 Å². The van der Waals surface area contributed by atoms with E-state index in [4.69, 9.17) is 5.11 Å². The normalized spacial score (nSPS) is 12.0. The first-order valence-electron chi connectivity index (χ1n) is 8.09. The molecule has 0 heterocycles. The molecule has 0 saturated heterocycles. The predicted molar refractivity (Wildman–Crippen MR) is 88.1 cm³/mol. The van der Waals surface area contributed by atoms with Gasteiger partial charge in [-0.05, 0) is 6.92 Å². The number of aliphatic hydroxyl groups excluding tert-OH is 1. The first kappa shape index (κ1) is 21.1. The van der Waals surface area contributed by atoms with E-state index in [0.29, 0.717) is 5.41 Å². The molecule has 0 aromatic heterocycles. The van der Waals surface area contributed by atoms with Gasteiger partial charge in [-0.3, -0.25) is 0 Å². The van der Waals surface area contributed by atoms with Crippen LogP contribution in [0, 0.1) is 5.41 Å². The van der Waals surface area contributed by atoms with Crippen LogP contribution in [0.15, 0.2) is 0 Å². The summed E-state index contributed by atoms with van der Waals surface area (Å²) in [6, 6.07) is 0. The smallest absolute Gasteiger partial charge is 0.0402 e. The second-order valence-electron chi connectivity index (χ2n) is 5.61. The van der Waals surface area contributed by atoms with Crippen LogP contribution in [0.2, 0.25) is 17.7 Å². The molecule has 0 saturated carbocycles. The standard InChI is InChI=1S/C8H17.C2H6O.3C2H5.Sn/c1-5-8(4,6-2)7-3;1-2-3;3*1-2;/h4-7H2,1-3H3;3H,2H2,1H3;3*1H2,2H3;. The van der Waals surface area contributed by atoms with Crippen molar-refractivity contribution in [3.05, 3.63) is 0 Å². The van der Waals surface area contributed by atoms with Crippen molar-refractivity contribution < 1.29 is 5.11 Å². The Balaban J connectivity index is 0. The molecule has 1 nitrogen and oxygen atoms in total. The SMILES string of the molecule is CCC(CC)(CC)[CH2][Sn]([CH2]C)([CH2]C)[CH2]C.CCO. The molecule has 0 aliphatic heterocycles. The fraction of sp³-hybridized carbons (Fsp3) is 1.00. The molecule has 0 fully saturated rings. The summed E-state index contributed by atoms with van der Waals surface area (Å²) in [5.41, 5.74) is 0.706. The van der Waals surface area contributed by atoms with Crippen molar-refractivity contribution >= 4 is 18.4 Å². The van der Waals surface area contributed by atoms with E-state index in [9.17, 15) is 0 Å². The van der Waals surface area contributed by atoms with Crippen molar-refractivity contribution in [2.45, 2.75) is 85.5 Å². The molecule has 0 atom stereocenters. The Morgan fingerprint density at radius 2 is 1.00 bits per heavy atom. The summed E-state index contributed by atoms with van der Waals surface area (Å²) in [7, 11) is 0. The molecule has 0 aromatic carbocycles. The van der Waals surface area contributed by atoms with Gasteiger partial charge in [0.15, 0.2) is 0 Å². The Morgan fingerprint density at radius 3 is 1.17 bits per heavy atom. The molecule has 112 valence electrons. The molecule has 18 heavy (non-hydrogen) atoms. The zero-order valence-electron chi connectivity index (χ0n) is 14.1. The number of hydrogen-bond acceptors (Lipinski definition) is 1. The first-order chi connectivity index (χ1) is 8.49. The second kappa shape index (κ2) is 11.6. The quantitative estimate of drug-likeness (QED) is 0.547. The molecule has 0 rings (SSSR count). The van der Waals surface area contributed by atoms with E-state index in [1.807, 2.05) is 0 Å². The van der Waals surface area contributed by atoms with Gasteiger partial charge in [0.1, 0.15) is 0 Å². The minimum absolute atomic E-state index is 0.250. The number of aliphatic hydroxyl groups is 1. The van der Waals surface area contributed by atoms with Crippen LogP contribution in [0.5, 0.6) is 0 Å². The van der Waals surface area contributed by atoms with E-state index >= 15 is 0 Å². The topological polar surface area (TPSA) is 20.2 Å². The zero-order chi connectivity index (χ0) is 14.7. The molecule has 0 aliphatic rings. The Bertz CT molecular complexity index is 137. The van der Waals surface area contributed by atoms with Crippen LogP contribution < -0.4 is 0 Å². The van der Waals surface area contributed by atoms with Gasteiger partial charge < -0.3 is 5.11 Å². The predicted octanol–water partition coefficient (Wildman–Crippen LogP) is 5.71. The summed E-state index contributed by atoms with van der Waals surface area (Å²) in [4.78, 5) is 0. The van der Waals surface area contributed by atoms with Gasteiger partial charge in [-0.25, -0.2) is 0 Å². The largest absolute Gasteiger partial charge is 0.397 e. The van der Waals surface area contributed by atoms with E-state index < -0.39 is 18.4 Å². The minimum Gasteiger partial charge on any atom is -0.397 e. The Kier molecular flexibility index (Phi) is 13.5. The maximum Gasteiger partial charge on any atom is 0.0402 e. The summed E-state index contributed by atoms with van der Waals surface area (Å²) < 4.78 is 6.32. The Hall–Kier alpha value is 0.759. The van der Waals surface area contributed by atoms with E-state index in [-0.39, 0.29) is 6.61 Å². The molecule has 0 amide bonds. The molecule has 0 unspecified atom stereocenters. The van der Waals surface area contributed by atoms with Crippen molar-refractivity contribution in [2.24, 2.45) is 5.41 Å². The molecule has 0 aromatic rings. The van der Waals surface area contributed by atoms with Crippen molar-refractivity contribution in [3.8, 4) is 0 Å². The summed E-state index contributed by atoms with van der Waals surface area (Å²) >= 11 is -1.70. The molecule has 0 spiro atoms. The summed E-state index contributed by atoms with van der Waals surface area (Å²) in [6.07, 6.45) is 4.20. The number of rotatable bonds is 8. The third-order valence-corrected chi connectivity index (χ3v) is 22.4. The maximum absolute atomic E-state index is 7.57. The maximum atomic E-state index is 7.57. The fourth-order valence-electron chi connectivity index (χ4n) is 3.05. The van der Waals surface area contributed by atoms with Crippen LogP contribution in [0.4, 0.5) is 0 Å². The van der Waals surface area contributed by atoms with Crippen LogP contribution >= 0.6 is 0 Å². The average Bonchev–Trinajstić information content (AvgIpc) is 2.43. The van der Waals surface area contributed by atoms with Gasteiger partial charge in [-0.2, -0.15) is 0 Å². The molecular weight excluding hydrogens is 327 g/mol. The third-order valence-electron chi connectivity index (χ3n) is 5.25. The monoisotopic (exact) mass is 366 g/mol. The fourth-order valence-corrected chi connectivity index (χ4v) is 16.1. The van der Waals surface area contributed by atoms with Gasteiger partial charge in [0.2, 0.25) is 0 Å². The van der Waals surface area contributed by atoms with Crippen molar-refractivity contribution in [2.75, 3.05) is 6.61 Å². The summed E-state index contributed by atoms with van der Waals surface area (Å²) in [5.74, 6) is 0. The minimum atomic E-state index is -1.70. The Morgan fingerprint density at radius 1 is 0.722 bits per heavy atom. The van der Waals surface area contributed by atoms with Gasteiger partial charge in [0.05, 0.1) is 0 Å². The van der Waals surface area contributed by atoms with Crippen LogP contribution in [0.3, 0.4) is 0 Å². The van der Waals surface area contributed by atoms with Gasteiger partial charge in [0.25, 0.3) is 0 Å². The summed E-state index contributed by atoms with van der Waals surface area (Å²) in [5, 5.41) is 7.57. The van der Waals surface area contributed by atoms with Crippen LogP contribution in [-0.2, 0) is 0 Å². The molecule has 2 heteroatoms. The first-order valence-corrected chi connectivity index (χ1v) is 16.2. The van der Waals surface area contributed by atoms with Crippen LogP contribution in [0.1, 0.15) is 67.7 Å². The van der Waals surface area contributed by atoms with E-state index in [1.54, 1.807) is 24.7 Å². The molecule has 0 radical (unpaired) electrons. The van der Waals surface area contributed by atoms with Gasteiger partial charge >= 0.3 is 102 Å². The number of hydrogen-bond donors (Lipinski definition) is 1. The summed E-state index contributed by atoms with van der Waals surface area (Å²) in [6.45, 7) is 16.6. The molecule has 0 aliphatic carbocycles. The van der Waals surface area contributed by atoms with Gasteiger partial charge in [-0.15, -0.1) is 0 Å². The third kappa shape index (κ3) is 6.79. The Labute approximate surface area is 121 Å². The van der Waals surface area contributed by atoms with E-state index in [1.165, 1.54) is 19.3 Å².